The van der Waals surface area contributed by atoms with Crippen molar-refractivity contribution in [2.75, 3.05) is 11.9 Å². The van der Waals surface area contributed by atoms with Crippen molar-refractivity contribution >= 4 is 33.6 Å². The fraction of sp³-hybridized carbons (Fsp3) is 0.600. The molecule has 1 heterocycles. The van der Waals surface area contributed by atoms with Gasteiger partial charge in [-0.2, -0.15) is 0 Å². The lowest BCUT2D eigenvalue weighted by Crippen LogP contribution is -2.09. The second kappa shape index (κ2) is 5.16. The summed E-state index contributed by atoms with van der Waals surface area (Å²) in [6.07, 6.45) is 1.79. The molecular weight excluding hydrogens is 274 g/mol. The minimum atomic E-state index is 0.153. The van der Waals surface area contributed by atoms with Crippen LogP contribution in [-0.4, -0.2) is 21.3 Å². The highest BCUT2D eigenvalue weighted by Crippen LogP contribution is 2.35. The van der Waals surface area contributed by atoms with Gasteiger partial charge in [0.2, 0.25) is 5.95 Å². The van der Waals surface area contributed by atoms with Gasteiger partial charge in [-0.25, -0.2) is 9.97 Å². The highest BCUT2D eigenvalue weighted by molar-refractivity contribution is 9.10. The summed E-state index contributed by atoms with van der Waals surface area (Å²) in [6, 6.07) is 0. The molecule has 0 bridgehead atoms. The van der Waals surface area contributed by atoms with E-state index in [9.17, 15) is 0 Å². The van der Waals surface area contributed by atoms with E-state index in [1.54, 1.807) is 18.0 Å². The number of rotatable bonds is 3. The lowest BCUT2D eigenvalue weighted by Gasteiger charge is -2.17. The Bertz CT molecular complexity index is 336. The standard InChI is InChI=1S/C10H16BrN3S/c1-5-12-9-13-6-7(11)8(14-9)15-10(2,3)4/h6H,5H2,1-4H3,(H,12,13,14). The van der Waals surface area contributed by atoms with E-state index in [0.717, 1.165) is 16.0 Å². The molecule has 0 spiro atoms. The van der Waals surface area contributed by atoms with E-state index in [0.29, 0.717) is 5.95 Å². The van der Waals surface area contributed by atoms with Crippen molar-refractivity contribution in [1.82, 2.24) is 9.97 Å². The maximum atomic E-state index is 4.44. The van der Waals surface area contributed by atoms with Gasteiger partial charge in [0.25, 0.3) is 0 Å². The number of aromatic nitrogens is 2. The first-order chi connectivity index (χ1) is 6.92. The van der Waals surface area contributed by atoms with E-state index in [2.05, 4.69) is 52.0 Å². The van der Waals surface area contributed by atoms with Crippen LogP contribution in [0.25, 0.3) is 0 Å². The number of halogens is 1. The molecule has 84 valence electrons. The maximum Gasteiger partial charge on any atom is 0.223 e. The number of nitrogens with one attached hydrogen (secondary N) is 1. The molecule has 15 heavy (non-hydrogen) atoms. The Kier molecular flexibility index (Phi) is 4.40. The molecular formula is C10H16BrN3S. The van der Waals surface area contributed by atoms with Gasteiger partial charge in [0, 0.05) is 17.5 Å². The van der Waals surface area contributed by atoms with E-state index in [-0.39, 0.29) is 4.75 Å². The average Bonchev–Trinajstić information content (AvgIpc) is 2.09. The average molecular weight is 290 g/mol. The first kappa shape index (κ1) is 12.8. The number of hydrogen-bond donors (Lipinski definition) is 1. The summed E-state index contributed by atoms with van der Waals surface area (Å²) in [4.78, 5) is 8.62. The van der Waals surface area contributed by atoms with Gasteiger partial charge in [0.05, 0.1) is 4.47 Å². The Labute approximate surface area is 104 Å². The van der Waals surface area contributed by atoms with Crippen LogP contribution in [0.5, 0.6) is 0 Å². The van der Waals surface area contributed by atoms with E-state index < -0.39 is 0 Å². The normalized spacial score (nSPS) is 11.5. The summed E-state index contributed by atoms with van der Waals surface area (Å²) < 4.78 is 1.10. The van der Waals surface area contributed by atoms with Crippen molar-refractivity contribution in [3.8, 4) is 0 Å². The lowest BCUT2D eigenvalue weighted by atomic mass is 10.3. The molecule has 0 unspecified atom stereocenters. The molecule has 1 N–H and O–H groups in total. The second-order valence-corrected chi connectivity index (χ2v) is 6.76. The SMILES string of the molecule is CCNc1ncc(Br)c(SC(C)(C)C)n1. The summed E-state index contributed by atoms with van der Waals surface area (Å²) in [5.41, 5.74) is 0. The summed E-state index contributed by atoms with van der Waals surface area (Å²) in [7, 11) is 0. The summed E-state index contributed by atoms with van der Waals surface area (Å²) in [5.74, 6) is 0.687. The van der Waals surface area contributed by atoms with E-state index >= 15 is 0 Å². The summed E-state index contributed by atoms with van der Waals surface area (Å²) >= 11 is 5.19. The van der Waals surface area contributed by atoms with Gasteiger partial charge < -0.3 is 5.32 Å². The molecule has 0 amide bonds. The fourth-order valence-corrected chi connectivity index (χ4v) is 2.25. The van der Waals surface area contributed by atoms with Gasteiger partial charge in [0.1, 0.15) is 5.03 Å². The quantitative estimate of drug-likeness (QED) is 0.682. The highest BCUT2D eigenvalue weighted by atomic mass is 79.9. The zero-order valence-corrected chi connectivity index (χ0v) is 11.9. The largest absolute Gasteiger partial charge is 0.354 e. The molecule has 0 atom stereocenters. The molecule has 0 aliphatic heterocycles. The van der Waals surface area contributed by atoms with Gasteiger partial charge >= 0.3 is 0 Å². The van der Waals surface area contributed by atoms with Gasteiger partial charge in [-0.15, -0.1) is 0 Å². The number of anilines is 1. The van der Waals surface area contributed by atoms with Gasteiger partial charge in [-0.05, 0) is 22.9 Å². The molecule has 0 aliphatic carbocycles. The lowest BCUT2D eigenvalue weighted by molar-refractivity contribution is 0.797. The van der Waals surface area contributed by atoms with Gasteiger partial charge in [-0.1, -0.05) is 32.5 Å². The first-order valence-electron chi connectivity index (χ1n) is 4.88. The Hall–Kier alpha value is -0.290. The van der Waals surface area contributed by atoms with Crippen molar-refractivity contribution in [1.29, 1.82) is 0 Å². The molecule has 0 radical (unpaired) electrons. The van der Waals surface area contributed by atoms with Crippen LogP contribution in [0.2, 0.25) is 0 Å². The van der Waals surface area contributed by atoms with E-state index in [1.807, 2.05) is 6.92 Å². The monoisotopic (exact) mass is 289 g/mol. The Morgan fingerprint density at radius 3 is 2.67 bits per heavy atom. The van der Waals surface area contributed by atoms with E-state index in [4.69, 9.17) is 0 Å². The Morgan fingerprint density at radius 2 is 2.13 bits per heavy atom. The molecule has 1 aromatic rings. The van der Waals surface area contributed by atoms with Crippen molar-refractivity contribution in [3.63, 3.8) is 0 Å². The molecule has 5 heteroatoms. The maximum absolute atomic E-state index is 4.44. The van der Waals surface area contributed by atoms with Crippen LogP contribution < -0.4 is 5.32 Å². The number of nitrogens with zero attached hydrogens (tertiary/aromatic N) is 2. The van der Waals surface area contributed by atoms with Crippen LogP contribution in [0, 0.1) is 0 Å². The Morgan fingerprint density at radius 1 is 1.47 bits per heavy atom. The van der Waals surface area contributed by atoms with Crippen molar-refractivity contribution < 1.29 is 0 Å². The minimum absolute atomic E-state index is 0.153. The van der Waals surface area contributed by atoms with Gasteiger partial charge in [-0.3, -0.25) is 0 Å². The molecule has 0 fully saturated rings. The zero-order chi connectivity index (χ0) is 11.5. The van der Waals surface area contributed by atoms with Crippen molar-refractivity contribution in [2.24, 2.45) is 0 Å². The molecule has 0 aliphatic rings. The van der Waals surface area contributed by atoms with Crippen LogP contribution in [0.1, 0.15) is 27.7 Å². The van der Waals surface area contributed by atoms with Crippen LogP contribution in [0.4, 0.5) is 5.95 Å². The van der Waals surface area contributed by atoms with Crippen molar-refractivity contribution in [3.05, 3.63) is 10.7 Å². The van der Waals surface area contributed by atoms with Gasteiger partial charge in [0.15, 0.2) is 0 Å². The third-order valence-corrected chi connectivity index (χ3v) is 3.41. The second-order valence-electron chi connectivity index (χ2n) is 4.09. The van der Waals surface area contributed by atoms with Crippen molar-refractivity contribution in [2.45, 2.75) is 37.5 Å². The molecule has 0 saturated carbocycles. The smallest absolute Gasteiger partial charge is 0.223 e. The molecule has 1 aromatic heterocycles. The van der Waals surface area contributed by atoms with Crippen LogP contribution in [0.15, 0.2) is 15.7 Å². The summed E-state index contributed by atoms with van der Waals surface area (Å²) in [5, 5.41) is 4.08. The molecule has 0 saturated heterocycles. The highest BCUT2D eigenvalue weighted by Gasteiger charge is 2.16. The summed E-state index contributed by atoms with van der Waals surface area (Å²) in [6.45, 7) is 9.36. The molecule has 0 aromatic carbocycles. The van der Waals surface area contributed by atoms with Crippen LogP contribution in [0.3, 0.4) is 0 Å². The third-order valence-electron chi connectivity index (χ3n) is 1.45. The third kappa shape index (κ3) is 4.38. The molecule has 1 rings (SSSR count). The Balaban J connectivity index is 2.90. The van der Waals surface area contributed by atoms with Crippen LogP contribution >= 0.6 is 27.7 Å². The molecule has 3 nitrogen and oxygen atoms in total. The number of hydrogen-bond acceptors (Lipinski definition) is 4. The number of thioether (sulfide) groups is 1. The fourth-order valence-electron chi connectivity index (χ4n) is 0.956. The topological polar surface area (TPSA) is 37.8 Å². The van der Waals surface area contributed by atoms with Crippen LogP contribution in [-0.2, 0) is 0 Å². The predicted octanol–water partition coefficient (Wildman–Crippen LogP) is 3.56. The first-order valence-corrected chi connectivity index (χ1v) is 6.49. The minimum Gasteiger partial charge on any atom is -0.354 e. The predicted molar refractivity (Wildman–Crippen MR) is 69.5 cm³/mol. The zero-order valence-electron chi connectivity index (χ0n) is 9.47. The van der Waals surface area contributed by atoms with E-state index in [1.165, 1.54) is 0 Å².